The number of carbonyl (C=O) groups is 1. The van der Waals surface area contributed by atoms with Gasteiger partial charge in [-0.2, -0.15) is 0 Å². The van der Waals surface area contributed by atoms with Crippen LogP contribution in [-0.4, -0.2) is 39.0 Å². The van der Waals surface area contributed by atoms with Crippen molar-refractivity contribution in [1.29, 1.82) is 0 Å². The second-order valence-corrected chi connectivity index (χ2v) is 3.95. The van der Waals surface area contributed by atoms with Gasteiger partial charge in [-0.05, 0) is 19.1 Å². The van der Waals surface area contributed by atoms with E-state index in [1.165, 1.54) is 0 Å². The normalized spacial score (nSPS) is 11.5. The molecule has 0 aliphatic heterocycles. The van der Waals surface area contributed by atoms with E-state index in [4.69, 9.17) is 9.47 Å². The number of urea groups is 1. The summed E-state index contributed by atoms with van der Waals surface area (Å²) < 4.78 is 22.6. The topological polar surface area (TPSA) is 59.6 Å². The Labute approximate surface area is 112 Å². The quantitative estimate of drug-likeness (QED) is 0.793. The molecule has 0 heterocycles. The number of methoxy groups -OCH3 is 1. The highest BCUT2D eigenvalue weighted by atomic mass is 19.1. The Hall–Kier alpha value is -1.98. The zero-order valence-electron chi connectivity index (χ0n) is 11.1. The molecule has 0 radical (unpaired) electrons. The highest BCUT2D eigenvalue weighted by Gasteiger charge is 2.09. The summed E-state index contributed by atoms with van der Waals surface area (Å²) in [5.41, 5.74) is 0. The van der Waals surface area contributed by atoms with E-state index < -0.39 is 12.7 Å². The molecule has 5 nitrogen and oxygen atoms in total. The molecule has 0 aromatic heterocycles. The van der Waals surface area contributed by atoms with Crippen molar-refractivity contribution in [2.45, 2.75) is 13.0 Å². The highest BCUT2D eigenvalue weighted by molar-refractivity contribution is 5.74. The number of carbonyl (C=O) groups excluding carboxylic acids is 1. The Morgan fingerprint density at radius 2 is 2.05 bits per heavy atom. The first-order valence-corrected chi connectivity index (χ1v) is 6.03. The van der Waals surface area contributed by atoms with E-state index in [0.29, 0.717) is 18.1 Å². The predicted octanol–water partition coefficient (Wildman–Crippen LogP) is 1.73. The fourth-order valence-electron chi connectivity index (χ4n) is 1.43. The summed E-state index contributed by atoms with van der Waals surface area (Å²) in [4.78, 5) is 11.3. The predicted molar refractivity (Wildman–Crippen MR) is 70.5 cm³/mol. The molecule has 106 valence electrons. The van der Waals surface area contributed by atoms with Crippen LogP contribution in [0.15, 0.2) is 24.3 Å². The zero-order valence-corrected chi connectivity index (χ0v) is 11.1. The van der Waals surface area contributed by atoms with E-state index in [1.807, 2.05) is 12.1 Å². The van der Waals surface area contributed by atoms with Gasteiger partial charge in [0.15, 0.2) is 11.5 Å². The average molecular weight is 270 g/mol. The molecule has 0 unspecified atom stereocenters. The van der Waals surface area contributed by atoms with Crippen LogP contribution in [-0.2, 0) is 0 Å². The molecule has 1 aromatic rings. The molecule has 1 atom stereocenters. The highest BCUT2D eigenvalue weighted by Crippen LogP contribution is 2.25. The first-order valence-electron chi connectivity index (χ1n) is 6.03. The number of amides is 2. The van der Waals surface area contributed by atoms with Crippen molar-refractivity contribution in [2.24, 2.45) is 0 Å². The fraction of sp³-hybridized carbons (Fsp3) is 0.462. The molecular formula is C13H19FN2O3. The van der Waals surface area contributed by atoms with Crippen LogP contribution in [0.5, 0.6) is 11.5 Å². The number of nitrogens with one attached hydrogen (secondary N) is 2. The number of alkyl halides is 1. The fourth-order valence-corrected chi connectivity index (χ4v) is 1.43. The van der Waals surface area contributed by atoms with Gasteiger partial charge in [0, 0.05) is 6.54 Å². The van der Waals surface area contributed by atoms with Crippen molar-refractivity contribution < 1.29 is 18.7 Å². The summed E-state index contributed by atoms with van der Waals surface area (Å²) in [6.07, 6.45) is 0. The number of hydrogen-bond donors (Lipinski definition) is 2. The van der Waals surface area contributed by atoms with Crippen LogP contribution < -0.4 is 20.1 Å². The maximum Gasteiger partial charge on any atom is 0.315 e. The minimum absolute atomic E-state index is 0.00587. The first kappa shape index (κ1) is 15.1. The average Bonchev–Trinajstić information content (AvgIpc) is 2.43. The van der Waals surface area contributed by atoms with Crippen LogP contribution in [0.1, 0.15) is 6.92 Å². The number of halogens is 1. The lowest BCUT2D eigenvalue weighted by Crippen LogP contribution is -2.43. The van der Waals surface area contributed by atoms with Gasteiger partial charge in [0.1, 0.15) is 13.3 Å². The van der Waals surface area contributed by atoms with Crippen molar-refractivity contribution >= 4 is 6.03 Å². The number of rotatable bonds is 7. The van der Waals surface area contributed by atoms with Crippen LogP contribution in [0.2, 0.25) is 0 Å². The SMILES string of the molecule is COc1ccccc1OC[C@H](C)NC(=O)NCCF. The molecule has 1 aromatic carbocycles. The summed E-state index contributed by atoms with van der Waals surface area (Å²) in [6.45, 7) is 1.51. The minimum atomic E-state index is -0.584. The number of ether oxygens (including phenoxy) is 2. The maximum atomic E-state index is 11.9. The van der Waals surface area contributed by atoms with Crippen molar-refractivity contribution in [2.75, 3.05) is 26.9 Å². The molecule has 2 amide bonds. The number of benzene rings is 1. The largest absolute Gasteiger partial charge is 0.493 e. The molecule has 0 spiro atoms. The third kappa shape index (κ3) is 5.46. The van der Waals surface area contributed by atoms with Gasteiger partial charge in [-0.3, -0.25) is 0 Å². The standard InChI is InChI=1S/C13H19FN2O3/c1-10(16-13(17)15-8-7-14)9-19-12-6-4-3-5-11(12)18-2/h3-6,10H,7-9H2,1-2H3,(H2,15,16,17)/t10-/m0/s1. The lowest BCUT2D eigenvalue weighted by atomic mass is 10.3. The van der Waals surface area contributed by atoms with Gasteiger partial charge in [-0.15, -0.1) is 0 Å². The Kier molecular flexibility index (Phi) is 6.49. The molecule has 0 aliphatic carbocycles. The Balaban J connectivity index is 2.37. The second kappa shape index (κ2) is 8.18. The van der Waals surface area contributed by atoms with E-state index in [-0.39, 0.29) is 12.6 Å². The number of hydrogen-bond acceptors (Lipinski definition) is 3. The van der Waals surface area contributed by atoms with Crippen molar-refractivity contribution in [3.8, 4) is 11.5 Å². The molecule has 0 bridgehead atoms. The minimum Gasteiger partial charge on any atom is -0.493 e. The van der Waals surface area contributed by atoms with Gasteiger partial charge >= 0.3 is 6.03 Å². The smallest absolute Gasteiger partial charge is 0.315 e. The molecular weight excluding hydrogens is 251 g/mol. The maximum absolute atomic E-state index is 11.9. The molecule has 0 fully saturated rings. The lowest BCUT2D eigenvalue weighted by molar-refractivity contribution is 0.223. The van der Waals surface area contributed by atoms with E-state index in [0.717, 1.165) is 0 Å². The monoisotopic (exact) mass is 270 g/mol. The molecule has 6 heteroatoms. The third-order valence-corrected chi connectivity index (χ3v) is 2.32. The van der Waals surface area contributed by atoms with Crippen LogP contribution in [0.3, 0.4) is 0 Å². The Morgan fingerprint density at radius 3 is 2.68 bits per heavy atom. The van der Waals surface area contributed by atoms with Gasteiger partial charge in [0.05, 0.1) is 13.2 Å². The summed E-state index contributed by atoms with van der Waals surface area (Å²) in [7, 11) is 1.56. The first-order chi connectivity index (χ1) is 9.17. The van der Waals surface area contributed by atoms with Gasteiger partial charge in [-0.1, -0.05) is 12.1 Å². The van der Waals surface area contributed by atoms with Crippen LogP contribution in [0, 0.1) is 0 Å². The van der Waals surface area contributed by atoms with Crippen molar-refractivity contribution in [3.63, 3.8) is 0 Å². The molecule has 2 N–H and O–H groups in total. The van der Waals surface area contributed by atoms with Gasteiger partial charge in [0.2, 0.25) is 0 Å². The molecule has 0 aliphatic rings. The molecule has 19 heavy (non-hydrogen) atoms. The summed E-state index contributed by atoms with van der Waals surface area (Å²) in [5, 5.41) is 5.02. The molecule has 0 saturated carbocycles. The molecule has 1 rings (SSSR count). The van der Waals surface area contributed by atoms with E-state index in [1.54, 1.807) is 26.2 Å². The van der Waals surface area contributed by atoms with Crippen molar-refractivity contribution in [1.82, 2.24) is 10.6 Å². The van der Waals surface area contributed by atoms with E-state index in [9.17, 15) is 9.18 Å². The van der Waals surface area contributed by atoms with Crippen molar-refractivity contribution in [3.05, 3.63) is 24.3 Å². The van der Waals surface area contributed by atoms with Gasteiger partial charge in [0.25, 0.3) is 0 Å². The van der Waals surface area contributed by atoms with Crippen LogP contribution >= 0.6 is 0 Å². The summed E-state index contributed by atoms with van der Waals surface area (Å²) in [5.74, 6) is 1.25. The third-order valence-electron chi connectivity index (χ3n) is 2.32. The zero-order chi connectivity index (χ0) is 14.1. The number of para-hydroxylation sites is 2. The lowest BCUT2D eigenvalue weighted by Gasteiger charge is -2.16. The Morgan fingerprint density at radius 1 is 1.37 bits per heavy atom. The van der Waals surface area contributed by atoms with Crippen LogP contribution in [0.25, 0.3) is 0 Å². The van der Waals surface area contributed by atoms with Gasteiger partial charge < -0.3 is 20.1 Å². The van der Waals surface area contributed by atoms with E-state index >= 15 is 0 Å². The second-order valence-electron chi connectivity index (χ2n) is 3.95. The van der Waals surface area contributed by atoms with Crippen LogP contribution in [0.4, 0.5) is 9.18 Å². The molecule has 0 saturated heterocycles. The van der Waals surface area contributed by atoms with E-state index in [2.05, 4.69) is 10.6 Å². The Bertz CT molecular complexity index is 401. The summed E-state index contributed by atoms with van der Waals surface area (Å²) >= 11 is 0. The summed E-state index contributed by atoms with van der Waals surface area (Å²) in [6, 6.07) is 6.65. The van der Waals surface area contributed by atoms with Gasteiger partial charge in [-0.25, -0.2) is 9.18 Å².